The Balaban J connectivity index is 1.64. The van der Waals surface area contributed by atoms with E-state index in [1.807, 2.05) is 42.5 Å². The molecule has 1 heterocycles. The Bertz CT molecular complexity index is 847. The molecule has 0 unspecified atom stereocenters. The largest absolute Gasteiger partial charge is 0.497 e. The van der Waals surface area contributed by atoms with Gasteiger partial charge in [-0.25, -0.2) is 0 Å². The van der Waals surface area contributed by atoms with Crippen LogP contribution in [0.1, 0.15) is 23.9 Å². The highest BCUT2D eigenvalue weighted by atomic mass is 32.2. The summed E-state index contributed by atoms with van der Waals surface area (Å²) in [5.41, 5.74) is 2.41. The van der Waals surface area contributed by atoms with Crippen LogP contribution in [-0.4, -0.2) is 21.9 Å². The van der Waals surface area contributed by atoms with Gasteiger partial charge in [0.2, 0.25) is 0 Å². The summed E-state index contributed by atoms with van der Waals surface area (Å²) < 4.78 is 13.2. The maximum absolute atomic E-state index is 5.85. The number of benzene rings is 2. The van der Waals surface area contributed by atoms with Gasteiger partial charge in [-0.1, -0.05) is 41.6 Å². The van der Waals surface area contributed by atoms with Crippen molar-refractivity contribution in [2.45, 2.75) is 37.9 Å². The van der Waals surface area contributed by atoms with Crippen LogP contribution in [0.2, 0.25) is 0 Å². The topological polar surface area (TPSA) is 49.2 Å². The summed E-state index contributed by atoms with van der Waals surface area (Å²) in [6, 6.07) is 16.1. The molecule has 2 aromatic carbocycles. The van der Waals surface area contributed by atoms with Crippen molar-refractivity contribution in [3.63, 3.8) is 0 Å². The van der Waals surface area contributed by atoms with E-state index in [0.717, 1.165) is 34.8 Å². The third kappa shape index (κ3) is 4.58. The smallest absolute Gasteiger partial charge is 0.191 e. The first-order chi connectivity index (χ1) is 12.7. The standard InChI is InChI=1S/C20H23N3O2S/c1-4-23-19(13-25-17-10-8-15(2)9-11-17)21-22-20(23)26-14-16-6-5-7-18(12-16)24-3/h5-12H,4,13-14H2,1-3H3. The van der Waals surface area contributed by atoms with Gasteiger partial charge in [0.25, 0.3) is 0 Å². The molecule has 5 nitrogen and oxygen atoms in total. The summed E-state index contributed by atoms with van der Waals surface area (Å²) in [5.74, 6) is 3.36. The van der Waals surface area contributed by atoms with Crippen molar-refractivity contribution in [3.05, 3.63) is 65.5 Å². The first-order valence-corrected chi connectivity index (χ1v) is 9.55. The van der Waals surface area contributed by atoms with E-state index < -0.39 is 0 Å². The fourth-order valence-electron chi connectivity index (χ4n) is 2.54. The lowest BCUT2D eigenvalue weighted by molar-refractivity contribution is 0.288. The van der Waals surface area contributed by atoms with E-state index in [-0.39, 0.29) is 0 Å². The van der Waals surface area contributed by atoms with Crippen molar-refractivity contribution in [3.8, 4) is 11.5 Å². The Labute approximate surface area is 158 Å². The Hall–Kier alpha value is -2.47. The summed E-state index contributed by atoms with van der Waals surface area (Å²) >= 11 is 1.67. The van der Waals surface area contributed by atoms with Crippen molar-refractivity contribution in [2.75, 3.05) is 7.11 Å². The molecule has 0 radical (unpaired) electrons. The van der Waals surface area contributed by atoms with Gasteiger partial charge >= 0.3 is 0 Å². The number of thioether (sulfide) groups is 1. The molecule has 0 bridgehead atoms. The van der Waals surface area contributed by atoms with E-state index in [9.17, 15) is 0 Å². The third-order valence-corrected chi connectivity index (χ3v) is 5.04. The van der Waals surface area contributed by atoms with Crippen LogP contribution in [0.3, 0.4) is 0 Å². The molecule has 0 fully saturated rings. The number of aryl methyl sites for hydroxylation is 1. The zero-order valence-corrected chi connectivity index (χ0v) is 16.1. The molecule has 6 heteroatoms. The molecule has 0 saturated carbocycles. The molecule has 0 atom stereocenters. The van der Waals surface area contributed by atoms with Gasteiger partial charge in [0, 0.05) is 12.3 Å². The van der Waals surface area contributed by atoms with E-state index in [4.69, 9.17) is 9.47 Å². The van der Waals surface area contributed by atoms with Crippen LogP contribution in [0.25, 0.3) is 0 Å². The summed E-state index contributed by atoms with van der Waals surface area (Å²) in [5, 5.41) is 9.54. The van der Waals surface area contributed by atoms with Crippen LogP contribution in [0.15, 0.2) is 53.7 Å². The van der Waals surface area contributed by atoms with Gasteiger partial charge in [0.1, 0.15) is 18.1 Å². The molecule has 3 rings (SSSR count). The fraction of sp³-hybridized carbons (Fsp3) is 0.300. The summed E-state index contributed by atoms with van der Waals surface area (Å²) in [7, 11) is 1.68. The van der Waals surface area contributed by atoms with Gasteiger partial charge in [-0.05, 0) is 43.7 Å². The minimum Gasteiger partial charge on any atom is -0.497 e. The SMILES string of the molecule is CCn1c(COc2ccc(C)cc2)nnc1SCc1cccc(OC)c1. The lowest BCUT2D eigenvalue weighted by Crippen LogP contribution is -2.07. The van der Waals surface area contributed by atoms with Gasteiger partial charge in [0.15, 0.2) is 11.0 Å². The van der Waals surface area contributed by atoms with Crippen LogP contribution >= 0.6 is 11.8 Å². The number of hydrogen-bond acceptors (Lipinski definition) is 5. The Morgan fingerprint density at radius 1 is 1.04 bits per heavy atom. The van der Waals surface area contributed by atoms with Gasteiger partial charge in [0.05, 0.1) is 7.11 Å². The van der Waals surface area contributed by atoms with E-state index in [0.29, 0.717) is 6.61 Å². The normalized spacial score (nSPS) is 10.7. The maximum atomic E-state index is 5.85. The molecule has 26 heavy (non-hydrogen) atoms. The maximum Gasteiger partial charge on any atom is 0.191 e. The quantitative estimate of drug-likeness (QED) is 0.548. The second-order valence-electron chi connectivity index (χ2n) is 5.88. The molecule has 0 N–H and O–H groups in total. The van der Waals surface area contributed by atoms with Crippen molar-refractivity contribution in [1.82, 2.24) is 14.8 Å². The molecule has 0 aliphatic rings. The molecule has 3 aromatic rings. The van der Waals surface area contributed by atoms with Gasteiger partial charge in [-0.3, -0.25) is 0 Å². The van der Waals surface area contributed by atoms with Crippen molar-refractivity contribution >= 4 is 11.8 Å². The molecule has 0 aliphatic carbocycles. The highest BCUT2D eigenvalue weighted by Crippen LogP contribution is 2.24. The summed E-state index contributed by atoms with van der Waals surface area (Å²) in [6.45, 7) is 5.36. The van der Waals surface area contributed by atoms with Crippen LogP contribution in [0.5, 0.6) is 11.5 Å². The first kappa shape index (κ1) is 18.3. The minimum absolute atomic E-state index is 0.406. The monoisotopic (exact) mass is 369 g/mol. The highest BCUT2D eigenvalue weighted by molar-refractivity contribution is 7.98. The van der Waals surface area contributed by atoms with E-state index in [1.54, 1.807) is 18.9 Å². The second-order valence-corrected chi connectivity index (χ2v) is 6.83. The van der Waals surface area contributed by atoms with Crippen LogP contribution in [0, 0.1) is 6.92 Å². The Morgan fingerprint density at radius 3 is 2.58 bits per heavy atom. The first-order valence-electron chi connectivity index (χ1n) is 8.57. The Kier molecular flexibility index (Phi) is 6.17. The number of aromatic nitrogens is 3. The van der Waals surface area contributed by atoms with Crippen LogP contribution < -0.4 is 9.47 Å². The van der Waals surface area contributed by atoms with Crippen molar-refractivity contribution < 1.29 is 9.47 Å². The predicted molar refractivity (Wildman–Crippen MR) is 104 cm³/mol. The van der Waals surface area contributed by atoms with E-state index >= 15 is 0 Å². The number of methoxy groups -OCH3 is 1. The number of ether oxygens (including phenoxy) is 2. The molecular weight excluding hydrogens is 346 g/mol. The number of rotatable bonds is 8. The number of hydrogen-bond donors (Lipinski definition) is 0. The van der Waals surface area contributed by atoms with Crippen molar-refractivity contribution in [2.24, 2.45) is 0 Å². The predicted octanol–water partition coefficient (Wildman–Crippen LogP) is 4.49. The molecule has 1 aromatic heterocycles. The van der Waals surface area contributed by atoms with Gasteiger partial charge in [-0.15, -0.1) is 10.2 Å². The zero-order chi connectivity index (χ0) is 18.4. The highest BCUT2D eigenvalue weighted by Gasteiger charge is 2.12. The van der Waals surface area contributed by atoms with E-state index in [1.165, 1.54) is 11.1 Å². The summed E-state index contributed by atoms with van der Waals surface area (Å²) in [6.07, 6.45) is 0. The molecule has 0 spiro atoms. The average molecular weight is 369 g/mol. The Morgan fingerprint density at radius 2 is 1.85 bits per heavy atom. The molecule has 0 saturated heterocycles. The molecular formula is C20H23N3O2S. The lowest BCUT2D eigenvalue weighted by atomic mass is 10.2. The minimum atomic E-state index is 0.406. The van der Waals surface area contributed by atoms with E-state index in [2.05, 4.69) is 34.7 Å². The van der Waals surface area contributed by atoms with Gasteiger partial charge < -0.3 is 14.0 Å². The van der Waals surface area contributed by atoms with Crippen molar-refractivity contribution in [1.29, 1.82) is 0 Å². The molecule has 0 aliphatic heterocycles. The summed E-state index contributed by atoms with van der Waals surface area (Å²) in [4.78, 5) is 0. The molecule has 136 valence electrons. The average Bonchev–Trinajstić information content (AvgIpc) is 3.08. The van der Waals surface area contributed by atoms with Crippen LogP contribution in [-0.2, 0) is 18.9 Å². The fourth-order valence-corrected chi connectivity index (χ4v) is 3.51. The zero-order valence-electron chi connectivity index (χ0n) is 15.3. The molecule has 0 amide bonds. The van der Waals surface area contributed by atoms with Crippen LogP contribution in [0.4, 0.5) is 0 Å². The third-order valence-electron chi connectivity index (χ3n) is 4.00. The second kappa shape index (κ2) is 8.76. The lowest BCUT2D eigenvalue weighted by Gasteiger charge is -2.09. The van der Waals surface area contributed by atoms with Gasteiger partial charge in [-0.2, -0.15) is 0 Å². The number of nitrogens with zero attached hydrogens (tertiary/aromatic N) is 3.